The van der Waals surface area contributed by atoms with E-state index in [9.17, 15) is 43.2 Å². The van der Waals surface area contributed by atoms with Crippen molar-refractivity contribution in [1.29, 1.82) is 0 Å². The summed E-state index contributed by atoms with van der Waals surface area (Å²) in [6.45, 7) is 11.7. The molecule has 0 aliphatic heterocycles. The van der Waals surface area contributed by atoms with E-state index in [1.54, 1.807) is 0 Å². The third kappa shape index (κ3) is 68.6. The van der Waals surface area contributed by atoms with E-state index in [-0.39, 0.29) is 25.7 Å². The van der Waals surface area contributed by atoms with Gasteiger partial charge in [0.25, 0.3) is 0 Å². The summed E-state index contributed by atoms with van der Waals surface area (Å²) < 4.78 is 68.4. The number of hydrogen-bond donors (Lipinski definition) is 3. The van der Waals surface area contributed by atoms with Gasteiger partial charge >= 0.3 is 39.5 Å². The van der Waals surface area contributed by atoms with Crippen LogP contribution >= 0.6 is 15.6 Å². The van der Waals surface area contributed by atoms with Crippen molar-refractivity contribution in [3.63, 3.8) is 0 Å². The summed E-state index contributed by atoms with van der Waals surface area (Å²) in [5.41, 5.74) is 0. The van der Waals surface area contributed by atoms with Crippen LogP contribution in [0.1, 0.15) is 382 Å². The number of aliphatic hydroxyl groups excluding tert-OH is 1. The molecule has 5 atom stereocenters. The largest absolute Gasteiger partial charge is 0.472 e. The van der Waals surface area contributed by atoms with Gasteiger partial charge in [-0.05, 0) is 43.4 Å². The number of hydrogen-bond acceptors (Lipinski definition) is 15. The molecule has 94 heavy (non-hydrogen) atoms. The molecule has 0 bridgehead atoms. The highest BCUT2D eigenvalue weighted by Crippen LogP contribution is 2.45. The second-order valence-corrected chi connectivity index (χ2v) is 31.4. The Kier molecular flexibility index (Phi) is 64.3. The molecule has 0 aromatic rings. The molecular formula is C75H146O17P2. The molecule has 0 aromatic heterocycles. The average Bonchev–Trinajstić information content (AvgIpc) is 1.21. The molecule has 17 nitrogen and oxygen atoms in total. The van der Waals surface area contributed by atoms with Crippen molar-refractivity contribution in [1.82, 2.24) is 0 Å². The maximum atomic E-state index is 13.1. The third-order valence-electron chi connectivity index (χ3n) is 17.4. The van der Waals surface area contributed by atoms with Gasteiger partial charge in [-0.2, -0.15) is 0 Å². The van der Waals surface area contributed by atoms with E-state index in [1.807, 2.05) is 0 Å². The van der Waals surface area contributed by atoms with Crippen molar-refractivity contribution < 1.29 is 80.2 Å². The van der Waals surface area contributed by atoms with E-state index in [0.717, 1.165) is 102 Å². The van der Waals surface area contributed by atoms with Gasteiger partial charge in [0.05, 0.1) is 26.4 Å². The summed E-state index contributed by atoms with van der Waals surface area (Å²) in [7, 11) is -9.91. The van der Waals surface area contributed by atoms with Crippen LogP contribution in [0.15, 0.2) is 0 Å². The summed E-state index contributed by atoms with van der Waals surface area (Å²) in [4.78, 5) is 72.6. The van der Waals surface area contributed by atoms with Crippen LogP contribution in [-0.2, 0) is 65.4 Å². The number of ether oxygens (including phenoxy) is 4. The number of carbonyl (C=O) groups excluding carboxylic acids is 4. The minimum absolute atomic E-state index is 0.101. The van der Waals surface area contributed by atoms with Gasteiger partial charge < -0.3 is 33.8 Å². The van der Waals surface area contributed by atoms with Crippen LogP contribution in [0.2, 0.25) is 0 Å². The molecule has 0 radical (unpaired) electrons. The van der Waals surface area contributed by atoms with Crippen LogP contribution < -0.4 is 0 Å². The lowest BCUT2D eigenvalue weighted by molar-refractivity contribution is -0.161. The normalized spacial score (nSPS) is 14.1. The van der Waals surface area contributed by atoms with E-state index < -0.39 is 97.5 Å². The fourth-order valence-corrected chi connectivity index (χ4v) is 13.0. The first-order chi connectivity index (χ1) is 45.2. The first-order valence-electron chi connectivity index (χ1n) is 38.8. The lowest BCUT2D eigenvalue weighted by Gasteiger charge is -2.21. The highest BCUT2D eigenvalue weighted by atomic mass is 31.2. The molecule has 0 rings (SSSR count). The topological polar surface area (TPSA) is 237 Å². The van der Waals surface area contributed by atoms with Gasteiger partial charge in [-0.1, -0.05) is 331 Å². The van der Waals surface area contributed by atoms with Crippen LogP contribution in [0.4, 0.5) is 0 Å². The molecule has 19 heteroatoms. The fraction of sp³-hybridized carbons (Fsp3) is 0.947. The van der Waals surface area contributed by atoms with Gasteiger partial charge in [0.1, 0.15) is 19.3 Å². The van der Waals surface area contributed by atoms with E-state index in [2.05, 4.69) is 48.5 Å². The molecule has 3 N–H and O–H groups in total. The SMILES string of the molecule is CCCCCCCCCCCCCCCCCCCCC(=O)OC[C@H](COP(=O)(O)OC[C@@H](O)COP(=O)(O)OC[C@@H](COC(=O)CCCCCCCCC(C)C)OC(=O)CCCCCCCCC(C)C)OC(=O)CCCCCCCCCCCCCCCCCC(C)C. The van der Waals surface area contributed by atoms with Crippen molar-refractivity contribution in [3.8, 4) is 0 Å². The second-order valence-electron chi connectivity index (χ2n) is 28.5. The number of aliphatic hydroxyl groups is 1. The Morgan fingerprint density at radius 2 is 0.489 bits per heavy atom. The van der Waals surface area contributed by atoms with E-state index in [4.69, 9.17) is 37.0 Å². The predicted octanol–water partition coefficient (Wildman–Crippen LogP) is 21.8. The summed E-state index contributed by atoms with van der Waals surface area (Å²) >= 11 is 0. The number of phosphoric acid groups is 2. The van der Waals surface area contributed by atoms with Crippen LogP contribution in [-0.4, -0.2) is 96.7 Å². The third-order valence-corrected chi connectivity index (χ3v) is 19.3. The van der Waals surface area contributed by atoms with Gasteiger partial charge in [0, 0.05) is 25.7 Å². The van der Waals surface area contributed by atoms with Crippen molar-refractivity contribution in [3.05, 3.63) is 0 Å². The minimum Gasteiger partial charge on any atom is -0.462 e. The zero-order valence-corrected chi connectivity index (χ0v) is 63.2. The minimum atomic E-state index is -4.96. The molecule has 0 aliphatic rings. The average molecular weight is 1380 g/mol. The van der Waals surface area contributed by atoms with E-state index in [1.165, 1.54) is 186 Å². The standard InChI is InChI=1S/C75H146O17P2/c1-8-9-10-11-12-13-14-15-16-17-18-21-24-27-30-33-42-49-56-72(77)85-62-70(91-74(79)58-51-44-34-31-28-25-22-19-20-23-26-29-32-39-46-53-66(2)3)64-89-93(81,82)87-60-69(76)61-88-94(83,84)90-65-71(92-75(80)59-52-45-38-36-41-48-55-68(6)7)63-86-73(78)57-50-43-37-35-40-47-54-67(4)5/h66-71,76H,8-65H2,1-7H3,(H,81,82)(H,83,84)/t69-,70-,71-/m1/s1. The summed E-state index contributed by atoms with van der Waals surface area (Å²) in [6.07, 6.45) is 51.8. The number of phosphoric ester groups is 2. The Labute approximate surface area is 575 Å². The molecule has 0 aromatic carbocycles. The van der Waals surface area contributed by atoms with Crippen LogP contribution in [0.3, 0.4) is 0 Å². The summed E-state index contributed by atoms with van der Waals surface area (Å²) in [6, 6.07) is 0. The van der Waals surface area contributed by atoms with Crippen LogP contribution in [0.25, 0.3) is 0 Å². The Morgan fingerprint density at radius 3 is 0.723 bits per heavy atom. The molecule has 0 saturated carbocycles. The maximum absolute atomic E-state index is 13.1. The molecule has 0 aliphatic carbocycles. The number of esters is 4. The molecule has 2 unspecified atom stereocenters. The first kappa shape index (κ1) is 92.1. The predicted molar refractivity (Wildman–Crippen MR) is 381 cm³/mol. The molecular weight excluding hydrogens is 1230 g/mol. The first-order valence-corrected chi connectivity index (χ1v) is 41.8. The molecule has 0 fully saturated rings. The molecule has 0 heterocycles. The lowest BCUT2D eigenvalue weighted by Crippen LogP contribution is -2.30. The summed E-state index contributed by atoms with van der Waals surface area (Å²) in [5, 5.41) is 10.6. The highest BCUT2D eigenvalue weighted by molar-refractivity contribution is 7.47. The van der Waals surface area contributed by atoms with Gasteiger partial charge in [0.2, 0.25) is 0 Å². The van der Waals surface area contributed by atoms with Gasteiger partial charge in [-0.3, -0.25) is 37.3 Å². The molecule has 558 valence electrons. The fourth-order valence-electron chi connectivity index (χ4n) is 11.4. The van der Waals surface area contributed by atoms with Gasteiger partial charge in [-0.15, -0.1) is 0 Å². The van der Waals surface area contributed by atoms with Crippen molar-refractivity contribution in [2.45, 2.75) is 401 Å². The molecule has 0 spiro atoms. The number of carbonyl (C=O) groups is 4. The Morgan fingerprint density at radius 1 is 0.287 bits per heavy atom. The zero-order chi connectivity index (χ0) is 69.4. The monoisotopic (exact) mass is 1380 g/mol. The van der Waals surface area contributed by atoms with Crippen molar-refractivity contribution in [2.75, 3.05) is 39.6 Å². The van der Waals surface area contributed by atoms with Crippen LogP contribution in [0.5, 0.6) is 0 Å². The van der Waals surface area contributed by atoms with Crippen LogP contribution in [0, 0.1) is 17.8 Å². The highest BCUT2D eigenvalue weighted by Gasteiger charge is 2.30. The lowest BCUT2D eigenvalue weighted by atomic mass is 10.0. The molecule has 0 amide bonds. The van der Waals surface area contributed by atoms with Crippen molar-refractivity contribution >= 4 is 39.5 Å². The Bertz CT molecular complexity index is 1840. The van der Waals surface area contributed by atoms with E-state index >= 15 is 0 Å². The van der Waals surface area contributed by atoms with Gasteiger partial charge in [0.15, 0.2) is 12.2 Å². The second kappa shape index (κ2) is 65.7. The number of unbranched alkanes of at least 4 members (excludes halogenated alkanes) is 41. The Balaban J connectivity index is 5.19. The zero-order valence-electron chi connectivity index (χ0n) is 61.4. The Hall–Kier alpha value is -1.94. The number of rotatable bonds is 73. The quantitative estimate of drug-likeness (QED) is 0.0222. The molecule has 0 saturated heterocycles. The van der Waals surface area contributed by atoms with Crippen molar-refractivity contribution in [2.24, 2.45) is 17.8 Å². The maximum Gasteiger partial charge on any atom is 0.472 e. The van der Waals surface area contributed by atoms with E-state index in [0.29, 0.717) is 37.5 Å². The smallest absolute Gasteiger partial charge is 0.462 e. The van der Waals surface area contributed by atoms with Gasteiger partial charge in [-0.25, -0.2) is 9.13 Å². The summed E-state index contributed by atoms with van der Waals surface area (Å²) in [5.74, 6) is 0.0250.